The molecule has 0 saturated carbocycles. The van der Waals surface area contributed by atoms with Gasteiger partial charge in [0.25, 0.3) is 0 Å². The van der Waals surface area contributed by atoms with Crippen molar-refractivity contribution in [3.05, 3.63) is 23.3 Å². The first-order valence-electron chi connectivity index (χ1n) is 5.11. The Morgan fingerprint density at radius 3 is 2.53 bits per heavy atom. The summed E-state index contributed by atoms with van der Waals surface area (Å²) in [4.78, 5) is 1.24. The van der Waals surface area contributed by atoms with Gasteiger partial charge in [-0.15, -0.1) is 11.8 Å². The summed E-state index contributed by atoms with van der Waals surface area (Å²) in [5, 5.41) is 8.98. The van der Waals surface area contributed by atoms with Crippen molar-refractivity contribution in [3.63, 3.8) is 0 Å². The number of thioether (sulfide) groups is 1. The maximum absolute atomic E-state index is 8.98. The smallest absolute Gasteiger partial charge is 0.122 e. The zero-order valence-corrected chi connectivity index (χ0v) is 10.4. The lowest BCUT2D eigenvalue weighted by molar-refractivity contribution is 0.298. The van der Waals surface area contributed by atoms with Crippen LogP contribution in [0.2, 0.25) is 0 Å². The highest BCUT2D eigenvalue weighted by atomic mass is 32.2. The SMILES string of the molecule is CCc1cc(SC)c(CCO)cc1OC. The number of aliphatic hydroxyl groups excluding tert-OH is 1. The van der Waals surface area contributed by atoms with Crippen LogP contribution in [0.5, 0.6) is 5.75 Å². The van der Waals surface area contributed by atoms with E-state index in [4.69, 9.17) is 9.84 Å². The number of ether oxygens (including phenoxy) is 1. The molecule has 0 spiro atoms. The molecule has 15 heavy (non-hydrogen) atoms. The molecule has 0 aromatic heterocycles. The van der Waals surface area contributed by atoms with E-state index in [1.54, 1.807) is 18.9 Å². The standard InChI is InChI=1S/C12H18O2S/c1-4-9-8-12(15-3)10(5-6-13)7-11(9)14-2/h7-8,13H,4-6H2,1-3H3. The molecule has 84 valence electrons. The summed E-state index contributed by atoms with van der Waals surface area (Å²) >= 11 is 1.72. The Morgan fingerprint density at radius 1 is 1.33 bits per heavy atom. The molecule has 0 aliphatic rings. The molecule has 0 amide bonds. The molecule has 0 aliphatic heterocycles. The van der Waals surface area contributed by atoms with Gasteiger partial charge in [0.1, 0.15) is 5.75 Å². The van der Waals surface area contributed by atoms with Gasteiger partial charge < -0.3 is 9.84 Å². The number of hydrogen-bond acceptors (Lipinski definition) is 3. The van der Waals surface area contributed by atoms with Crippen LogP contribution in [-0.4, -0.2) is 25.1 Å². The van der Waals surface area contributed by atoms with Gasteiger partial charge in [-0.3, -0.25) is 0 Å². The Balaban J connectivity index is 3.15. The van der Waals surface area contributed by atoms with E-state index in [1.165, 1.54) is 16.0 Å². The van der Waals surface area contributed by atoms with Gasteiger partial charge in [-0.1, -0.05) is 6.92 Å². The first-order chi connectivity index (χ1) is 7.26. The highest BCUT2D eigenvalue weighted by Gasteiger charge is 2.08. The predicted molar refractivity (Wildman–Crippen MR) is 64.9 cm³/mol. The lowest BCUT2D eigenvalue weighted by atomic mass is 10.1. The summed E-state index contributed by atoms with van der Waals surface area (Å²) in [6.45, 7) is 2.30. The zero-order valence-electron chi connectivity index (χ0n) is 9.54. The van der Waals surface area contributed by atoms with Gasteiger partial charge in [-0.05, 0) is 42.4 Å². The first-order valence-corrected chi connectivity index (χ1v) is 6.33. The van der Waals surface area contributed by atoms with Crippen molar-refractivity contribution in [1.29, 1.82) is 0 Å². The van der Waals surface area contributed by atoms with Crippen molar-refractivity contribution >= 4 is 11.8 Å². The van der Waals surface area contributed by atoms with E-state index in [-0.39, 0.29) is 6.61 Å². The van der Waals surface area contributed by atoms with Crippen LogP contribution in [0, 0.1) is 0 Å². The largest absolute Gasteiger partial charge is 0.496 e. The van der Waals surface area contributed by atoms with Gasteiger partial charge in [0.05, 0.1) is 7.11 Å². The van der Waals surface area contributed by atoms with Crippen LogP contribution in [-0.2, 0) is 12.8 Å². The average molecular weight is 226 g/mol. The molecule has 1 N–H and O–H groups in total. The van der Waals surface area contributed by atoms with Crippen molar-refractivity contribution in [2.45, 2.75) is 24.7 Å². The molecule has 0 saturated heterocycles. The number of aliphatic hydroxyl groups is 1. The van der Waals surface area contributed by atoms with Crippen LogP contribution in [0.1, 0.15) is 18.1 Å². The summed E-state index contributed by atoms with van der Waals surface area (Å²) in [7, 11) is 1.69. The van der Waals surface area contributed by atoms with Crippen molar-refractivity contribution in [1.82, 2.24) is 0 Å². The topological polar surface area (TPSA) is 29.5 Å². The molecule has 1 aromatic rings. The Morgan fingerprint density at radius 2 is 2.07 bits per heavy atom. The number of rotatable bonds is 5. The van der Waals surface area contributed by atoms with E-state index in [1.807, 2.05) is 6.07 Å². The molecule has 1 rings (SSSR count). The Labute approximate surface area is 95.7 Å². The summed E-state index contributed by atoms with van der Waals surface area (Å²) in [6.07, 6.45) is 3.72. The quantitative estimate of drug-likeness (QED) is 0.782. The van der Waals surface area contributed by atoms with Crippen LogP contribution in [0.3, 0.4) is 0 Å². The molecular formula is C12H18O2S. The minimum absolute atomic E-state index is 0.183. The Hall–Kier alpha value is -0.670. The van der Waals surface area contributed by atoms with E-state index in [2.05, 4.69) is 19.2 Å². The number of benzene rings is 1. The second-order valence-electron chi connectivity index (χ2n) is 3.30. The number of hydrogen-bond donors (Lipinski definition) is 1. The maximum Gasteiger partial charge on any atom is 0.122 e. The van der Waals surface area contributed by atoms with Gasteiger partial charge in [0.15, 0.2) is 0 Å². The van der Waals surface area contributed by atoms with Crippen LogP contribution in [0.4, 0.5) is 0 Å². The lowest BCUT2D eigenvalue weighted by Gasteiger charge is -2.13. The molecule has 0 heterocycles. The van der Waals surface area contributed by atoms with Crippen LogP contribution in [0.25, 0.3) is 0 Å². The monoisotopic (exact) mass is 226 g/mol. The molecule has 0 bridgehead atoms. The van der Waals surface area contributed by atoms with Crippen molar-refractivity contribution < 1.29 is 9.84 Å². The van der Waals surface area contributed by atoms with Gasteiger partial charge >= 0.3 is 0 Å². The van der Waals surface area contributed by atoms with Crippen molar-refractivity contribution in [2.75, 3.05) is 20.0 Å². The van der Waals surface area contributed by atoms with Gasteiger partial charge in [0.2, 0.25) is 0 Å². The second kappa shape index (κ2) is 6.03. The number of methoxy groups -OCH3 is 1. The molecule has 0 radical (unpaired) electrons. The normalized spacial score (nSPS) is 10.4. The van der Waals surface area contributed by atoms with Crippen molar-refractivity contribution in [2.24, 2.45) is 0 Å². The fourth-order valence-electron chi connectivity index (χ4n) is 1.62. The van der Waals surface area contributed by atoms with Gasteiger partial charge in [-0.25, -0.2) is 0 Å². The van der Waals surface area contributed by atoms with E-state index in [9.17, 15) is 0 Å². The third-order valence-electron chi connectivity index (χ3n) is 2.45. The third-order valence-corrected chi connectivity index (χ3v) is 3.27. The van der Waals surface area contributed by atoms with Crippen LogP contribution in [0.15, 0.2) is 17.0 Å². The Bertz CT molecular complexity index is 324. The highest BCUT2D eigenvalue weighted by Crippen LogP contribution is 2.29. The zero-order chi connectivity index (χ0) is 11.3. The minimum Gasteiger partial charge on any atom is -0.496 e. The molecule has 0 aliphatic carbocycles. The fraction of sp³-hybridized carbons (Fsp3) is 0.500. The molecule has 2 nitrogen and oxygen atoms in total. The second-order valence-corrected chi connectivity index (χ2v) is 4.15. The fourth-order valence-corrected chi connectivity index (χ4v) is 2.30. The predicted octanol–water partition coefficient (Wildman–Crippen LogP) is 2.51. The van der Waals surface area contributed by atoms with Crippen LogP contribution >= 0.6 is 11.8 Å². The maximum atomic E-state index is 8.98. The minimum atomic E-state index is 0.183. The summed E-state index contributed by atoms with van der Waals surface area (Å²) in [5.74, 6) is 0.929. The lowest BCUT2D eigenvalue weighted by Crippen LogP contribution is -1.98. The van der Waals surface area contributed by atoms with Crippen LogP contribution < -0.4 is 4.74 Å². The Kier molecular flexibility index (Phi) is 4.99. The molecule has 0 fully saturated rings. The summed E-state index contributed by atoms with van der Waals surface area (Å²) in [5.41, 5.74) is 2.39. The van der Waals surface area contributed by atoms with E-state index >= 15 is 0 Å². The molecule has 0 unspecified atom stereocenters. The van der Waals surface area contributed by atoms with E-state index in [0.29, 0.717) is 6.42 Å². The first kappa shape index (κ1) is 12.4. The highest BCUT2D eigenvalue weighted by molar-refractivity contribution is 7.98. The van der Waals surface area contributed by atoms with Gasteiger partial charge in [-0.2, -0.15) is 0 Å². The third kappa shape index (κ3) is 2.89. The summed E-state index contributed by atoms with van der Waals surface area (Å²) in [6, 6.07) is 4.20. The summed E-state index contributed by atoms with van der Waals surface area (Å²) < 4.78 is 5.33. The molecule has 0 atom stereocenters. The van der Waals surface area contributed by atoms with E-state index < -0.39 is 0 Å². The van der Waals surface area contributed by atoms with E-state index in [0.717, 1.165) is 12.2 Å². The average Bonchev–Trinajstić information content (AvgIpc) is 2.28. The van der Waals surface area contributed by atoms with Gasteiger partial charge in [0, 0.05) is 11.5 Å². The molecule has 1 aromatic carbocycles. The molecular weight excluding hydrogens is 208 g/mol. The molecule has 3 heteroatoms. The van der Waals surface area contributed by atoms with Crippen molar-refractivity contribution in [3.8, 4) is 5.75 Å². The number of aryl methyl sites for hydroxylation is 1.